The number of aryl methyl sites for hydroxylation is 1. The Bertz CT molecular complexity index is 725. The van der Waals surface area contributed by atoms with Crippen molar-refractivity contribution in [2.24, 2.45) is 0 Å². The van der Waals surface area contributed by atoms with Crippen LogP contribution in [-0.4, -0.2) is 30.1 Å². The van der Waals surface area contributed by atoms with Crippen molar-refractivity contribution < 1.29 is 18.5 Å². The van der Waals surface area contributed by atoms with E-state index < -0.39 is 11.7 Å². The molecule has 0 aliphatic carbocycles. The van der Waals surface area contributed by atoms with Gasteiger partial charge in [0.15, 0.2) is 0 Å². The van der Waals surface area contributed by atoms with Crippen LogP contribution in [0.4, 0.5) is 4.39 Å². The summed E-state index contributed by atoms with van der Waals surface area (Å²) >= 11 is 6.00. The van der Waals surface area contributed by atoms with E-state index in [1.165, 1.54) is 25.1 Å². The number of carbonyl (C=O) groups excluding carboxylic acids is 2. The topological polar surface area (TPSA) is 84.2 Å². The lowest BCUT2D eigenvalue weighted by atomic mass is 10.0. The standard InChI is InChI=1S/C15H15ClFN3O3/c1-3-18-11(21)7-19-15(22)12-8(2)23-20-14(12)13-9(16)5-4-6-10(13)17/h4-6H,3,7H2,1-2H3,(H,18,21)(H,19,22). The molecular weight excluding hydrogens is 325 g/mol. The number of hydrogen-bond acceptors (Lipinski definition) is 4. The predicted octanol–water partition coefficient (Wildman–Crippen LogP) is 2.31. The monoisotopic (exact) mass is 339 g/mol. The first-order valence-corrected chi connectivity index (χ1v) is 7.29. The molecule has 0 bridgehead atoms. The highest BCUT2D eigenvalue weighted by molar-refractivity contribution is 6.33. The fourth-order valence-corrected chi connectivity index (χ4v) is 2.30. The number of carbonyl (C=O) groups is 2. The smallest absolute Gasteiger partial charge is 0.257 e. The van der Waals surface area contributed by atoms with Gasteiger partial charge in [-0.15, -0.1) is 0 Å². The highest BCUT2D eigenvalue weighted by atomic mass is 35.5. The van der Waals surface area contributed by atoms with Crippen molar-refractivity contribution >= 4 is 23.4 Å². The number of halogens is 2. The van der Waals surface area contributed by atoms with Gasteiger partial charge in [-0.2, -0.15) is 0 Å². The number of hydrogen-bond donors (Lipinski definition) is 2. The summed E-state index contributed by atoms with van der Waals surface area (Å²) in [7, 11) is 0. The van der Waals surface area contributed by atoms with Gasteiger partial charge in [-0.25, -0.2) is 4.39 Å². The van der Waals surface area contributed by atoms with Gasteiger partial charge in [0.05, 0.1) is 17.1 Å². The average molecular weight is 340 g/mol. The van der Waals surface area contributed by atoms with Crippen LogP contribution >= 0.6 is 11.6 Å². The van der Waals surface area contributed by atoms with Gasteiger partial charge in [-0.05, 0) is 26.0 Å². The average Bonchev–Trinajstić information content (AvgIpc) is 2.87. The molecule has 0 aliphatic rings. The van der Waals surface area contributed by atoms with E-state index in [-0.39, 0.29) is 40.1 Å². The van der Waals surface area contributed by atoms with Crippen molar-refractivity contribution in [1.82, 2.24) is 15.8 Å². The Morgan fingerprint density at radius 1 is 1.35 bits per heavy atom. The van der Waals surface area contributed by atoms with Gasteiger partial charge in [0.1, 0.15) is 22.8 Å². The molecule has 0 spiro atoms. The molecule has 1 aromatic heterocycles. The Morgan fingerprint density at radius 3 is 2.74 bits per heavy atom. The number of nitrogens with one attached hydrogen (secondary N) is 2. The quantitative estimate of drug-likeness (QED) is 0.875. The van der Waals surface area contributed by atoms with Gasteiger partial charge >= 0.3 is 0 Å². The predicted molar refractivity (Wildman–Crippen MR) is 82.7 cm³/mol. The molecule has 0 unspecified atom stereocenters. The summed E-state index contributed by atoms with van der Waals surface area (Å²) in [5.41, 5.74) is 0.0227. The Labute approximate surface area is 137 Å². The molecule has 0 saturated heterocycles. The largest absolute Gasteiger partial charge is 0.360 e. The maximum absolute atomic E-state index is 14.0. The normalized spacial score (nSPS) is 10.4. The molecular formula is C15H15ClFN3O3. The molecule has 0 fully saturated rings. The third-order valence-corrected chi connectivity index (χ3v) is 3.39. The number of amides is 2. The van der Waals surface area contributed by atoms with Crippen molar-refractivity contribution in [3.63, 3.8) is 0 Å². The van der Waals surface area contributed by atoms with E-state index in [1.807, 2.05) is 0 Å². The molecule has 2 N–H and O–H groups in total. The molecule has 1 aromatic carbocycles. The van der Waals surface area contributed by atoms with Gasteiger partial charge in [0.2, 0.25) is 5.91 Å². The van der Waals surface area contributed by atoms with Crippen molar-refractivity contribution in [3.8, 4) is 11.3 Å². The SMILES string of the molecule is CCNC(=O)CNC(=O)c1c(-c2c(F)cccc2Cl)noc1C. The Balaban J connectivity index is 2.32. The molecule has 0 aliphatic heterocycles. The Kier molecular flexibility index (Phi) is 5.33. The van der Waals surface area contributed by atoms with Crippen molar-refractivity contribution in [2.75, 3.05) is 13.1 Å². The minimum Gasteiger partial charge on any atom is -0.360 e. The minimum atomic E-state index is -0.622. The third kappa shape index (κ3) is 3.68. The minimum absolute atomic E-state index is 0.000926. The zero-order valence-electron chi connectivity index (χ0n) is 12.6. The molecule has 0 atom stereocenters. The second-order valence-electron chi connectivity index (χ2n) is 4.70. The van der Waals surface area contributed by atoms with Crippen LogP contribution in [0.1, 0.15) is 23.0 Å². The molecule has 2 amide bonds. The number of likely N-dealkylation sites (N-methyl/N-ethyl adjacent to an activating group) is 1. The molecule has 0 saturated carbocycles. The van der Waals surface area contributed by atoms with E-state index in [0.29, 0.717) is 6.54 Å². The molecule has 122 valence electrons. The molecule has 0 radical (unpaired) electrons. The van der Waals surface area contributed by atoms with E-state index in [2.05, 4.69) is 15.8 Å². The van der Waals surface area contributed by atoms with Crippen LogP contribution in [0.3, 0.4) is 0 Å². The fourth-order valence-electron chi connectivity index (χ4n) is 2.04. The second-order valence-corrected chi connectivity index (χ2v) is 5.10. The van der Waals surface area contributed by atoms with E-state index in [4.69, 9.17) is 16.1 Å². The summed E-state index contributed by atoms with van der Waals surface area (Å²) in [4.78, 5) is 23.7. The summed E-state index contributed by atoms with van der Waals surface area (Å²) in [6, 6.07) is 4.14. The van der Waals surface area contributed by atoms with E-state index in [9.17, 15) is 14.0 Å². The van der Waals surface area contributed by atoms with Crippen LogP contribution < -0.4 is 10.6 Å². The molecule has 2 aromatic rings. The van der Waals surface area contributed by atoms with Gasteiger partial charge in [-0.3, -0.25) is 9.59 Å². The van der Waals surface area contributed by atoms with Crippen LogP contribution in [0.5, 0.6) is 0 Å². The summed E-state index contributed by atoms with van der Waals surface area (Å²) in [6.07, 6.45) is 0. The maximum atomic E-state index is 14.0. The van der Waals surface area contributed by atoms with Gasteiger partial charge in [0.25, 0.3) is 5.91 Å². The van der Waals surface area contributed by atoms with Crippen LogP contribution in [0.25, 0.3) is 11.3 Å². The summed E-state index contributed by atoms with van der Waals surface area (Å²) in [5, 5.41) is 8.83. The Hall–Kier alpha value is -2.41. The molecule has 8 heteroatoms. The number of nitrogens with zero attached hydrogens (tertiary/aromatic N) is 1. The first kappa shape index (κ1) is 17.0. The number of rotatable bonds is 5. The van der Waals surface area contributed by atoms with Crippen LogP contribution in [0.2, 0.25) is 5.02 Å². The molecule has 2 rings (SSSR count). The van der Waals surface area contributed by atoms with Crippen molar-refractivity contribution in [3.05, 3.63) is 40.4 Å². The molecule has 1 heterocycles. The summed E-state index contributed by atoms with van der Waals surface area (Å²) < 4.78 is 19.0. The highest BCUT2D eigenvalue weighted by Gasteiger charge is 2.25. The first-order chi connectivity index (χ1) is 11.0. The maximum Gasteiger partial charge on any atom is 0.257 e. The molecule has 6 nitrogen and oxygen atoms in total. The number of benzene rings is 1. The zero-order chi connectivity index (χ0) is 17.0. The van der Waals surface area contributed by atoms with Crippen LogP contribution in [-0.2, 0) is 4.79 Å². The van der Waals surface area contributed by atoms with E-state index in [0.717, 1.165) is 0 Å². The summed E-state index contributed by atoms with van der Waals surface area (Å²) in [5.74, 6) is -1.35. The highest BCUT2D eigenvalue weighted by Crippen LogP contribution is 2.33. The zero-order valence-corrected chi connectivity index (χ0v) is 13.3. The second kappa shape index (κ2) is 7.23. The first-order valence-electron chi connectivity index (χ1n) is 6.91. The molecule has 23 heavy (non-hydrogen) atoms. The lowest BCUT2D eigenvalue weighted by Crippen LogP contribution is -2.37. The van der Waals surface area contributed by atoms with Crippen LogP contribution in [0, 0.1) is 12.7 Å². The lowest BCUT2D eigenvalue weighted by Gasteiger charge is -2.07. The van der Waals surface area contributed by atoms with Gasteiger partial charge < -0.3 is 15.2 Å². The fraction of sp³-hybridized carbons (Fsp3) is 0.267. The van der Waals surface area contributed by atoms with Crippen molar-refractivity contribution in [1.29, 1.82) is 0 Å². The third-order valence-electron chi connectivity index (χ3n) is 3.07. The van der Waals surface area contributed by atoms with E-state index in [1.54, 1.807) is 6.92 Å². The lowest BCUT2D eigenvalue weighted by molar-refractivity contribution is -0.120. The van der Waals surface area contributed by atoms with E-state index >= 15 is 0 Å². The van der Waals surface area contributed by atoms with Crippen molar-refractivity contribution in [2.45, 2.75) is 13.8 Å². The Morgan fingerprint density at radius 2 is 2.09 bits per heavy atom. The number of aromatic nitrogens is 1. The van der Waals surface area contributed by atoms with Gasteiger partial charge in [-0.1, -0.05) is 22.8 Å². The van der Waals surface area contributed by atoms with Gasteiger partial charge in [0, 0.05) is 6.54 Å². The van der Waals surface area contributed by atoms with Crippen LogP contribution in [0.15, 0.2) is 22.7 Å². The summed E-state index contributed by atoms with van der Waals surface area (Å²) in [6.45, 7) is 3.53.